The van der Waals surface area contributed by atoms with Gasteiger partial charge in [-0.3, -0.25) is 4.90 Å². The summed E-state index contributed by atoms with van der Waals surface area (Å²) in [5.74, 6) is 0. The van der Waals surface area contributed by atoms with E-state index in [1.807, 2.05) is 0 Å². The first-order chi connectivity index (χ1) is 17.6. The minimum absolute atomic E-state index is 0.638. The van der Waals surface area contributed by atoms with Crippen molar-refractivity contribution in [3.8, 4) is 0 Å². The van der Waals surface area contributed by atoms with E-state index in [-0.39, 0.29) is 0 Å². The maximum atomic E-state index is 4.24. The van der Waals surface area contributed by atoms with Crippen LogP contribution in [0.15, 0.2) is 36.4 Å². The molecule has 0 unspecified atom stereocenters. The molecule has 1 aromatic rings. The lowest BCUT2D eigenvalue weighted by atomic mass is 9.94. The highest BCUT2D eigenvalue weighted by Crippen LogP contribution is 2.40. The molecule has 3 fully saturated rings. The van der Waals surface area contributed by atoms with Crippen molar-refractivity contribution in [3.05, 3.63) is 53.1 Å². The van der Waals surface area contributed by atoms with E-state index in [9.17, 15) is 0 Å². The van der Waals surface area contributed by atoms with Crippen molar-refractivity contribution in [2.45, 2.75) is 96.6 Å². The summed E-state index contributed by atoms with van der Waals surface area (Å²) in [5, 5.41) is 3.77. The summed E-state index contributed by atoms with van der Waals surface area (Å²) in [6, 6.07) is 6.35. The normalized spacial score (nSPS) is 22.5. The number of nitrogens with zero attached hydrogens (tertiary/aromatic N) is 3. The molecule has 2 aliphatic heterocycles. The minimum Gasteiger partial charge on any atom is -0.384 e. The minimum atomic E-state index is 0.638. The Morgan fingerprint density at radius 3 is 2.56 bits per heavy atom. The van der Waals surface area contributed by atoms with Crippen molar-refractivity contribution in [2.24, 2.45) is 0 Å². The van der Waals surface area contributed by atoms with Crippen LogP contribution in [0.3, 0.4) is 0 Å². The Kier molecular flexibility index (Phi) is 8.10. The lowest BCUT2D eigenvalue weighted by molar-refractivity contribution is 0.173. The Labute approximate surface area is 220 Å². The average Bonchev–Trinajstić information content (AvgIpc) is 3.58. The molecule has 0 bridgehead atoms. The van der Waals surface area contributed by atoms with Gasteiger partial charge in [0.15, 0.2) is 0 Å². The molecule has 0 atom stereocenters. The second-order valence-electron chi connectivity index (χ2n) is 11.5. The summed E-state index contributed by atoms with van der Waals surface area (Å²) < 4.78 is 0. The van der Waals surface area contributed by atoms with Crippen molar-refractivity contribution in [1.82, 2.24) is 14.7 Å². The lowest BCUT2D eigenvalue weighted by Gasteiger charge is -2.33. The van der Waals surface area contributed by atoms with Gasteiger partial charge in [-0.1, -0.05) is 57.8 Å². The van der Waals surface area contributed by atoms with Gasteiger partial charge in [-0.15, -0.1) is 0 Å². The summed E-state index contributed by atoms with van der Waals surface area (Å²) >= 11 is 0. The zero-order valence-corrected chi connectivity index (χ0v) is 23.1. The van der Waals surface area contributed by atoms with E-state index < -0.39 is 0 Å². The van der Waals surface area contributed by atoms with Gasteiger partial charge < -0.3 is 15.1 Å². The molecule has 1 aromatic carbocycles. The van der Waals surface area contributed by atoms with Gasteiger partial charge in [0.25, 0.3) is 0 Å². The van der Waals surface area contributed by atoms with Crippen molar-refractivity contribution in [1.29, 1.82) is 0 Å². The highest BCUT2D eigenvalue weighted by Gasteiger charge is 2.31. The Morgan fingerprint density at radius 2 is 1.83 bits per heavy atom. The fourth-order valence-electron chi connectivity index (χ4n) is 7.19. The zero-order chi connectivity index (χ0) is 25.1. The number of anilines is 1. The van der Waals surface area contributed by atoms with Crippen LogP contribution >= 0.6 is 0 Å². The molecule has 2 aliphatic carbocycles. The van der Waals surface area contributed by atoms with Crippen molar-refractivity contribution >= 4 is 17.1 Å². The predicted octanol–water partition coefficient (Wildman–Crippen LogP) is 7.24. The standard InChI is InChI=1S/C32H48N4/c1-5-12-31(36-20-19-35(23-36)27-15-8-7-9-16-27)28-22-29-30(21-24(28)3)33-18-17-25(6-2)32(29)34(4)26-13-10-11-14-26/h6,12,21-22,26-27,33H,2,5,7-11,13-20,23H2,1,3-4H3/b31-12-. The first-order valence-electron chi connectivity index (χ1n) is 14.8. The Hall–Kier alpha value is -2.20. The molecule has 1 N–H and O–H groups in total. The number of allylic oxidation sites excluding steroid dienone is 2. The molecule has 0 amide bonds. The molecule has 0 aromatic heterocycles. The van der Waals surface area contributed by atoms with Crippen LogP contribution < -0.4 is 5.32 Å². The molecule has 0 spiro atoms. The predicted molar refractivity (Wildman–Crippen MR) is 155 cm³/mol. The molecular formula is C32H48N4. The van der Waals surface area contributed by atoms with Crippen LogP contribution in [0.2, 0.25) is 0 Å². The Morgan fingerprint density at radius 1 is 1.08 bits per heavy atom. The van der Waals surface area contributed by atoms with Gasteiger partial charge in [0.1, 0.15) is 0 Å². The SMILES string of the molecule is C=CC1=C(N(C)C2CCCC2)c2cc(/C(=C/CC)N3CCN(C4CCCCC4)C3)c(C)cc2NCC1. The van der Waals surface area contributed by atoms with Crippen LogP contribution in [0.4, 0.5) is 5.69 Å². The van der Waals surface area contributed by atoms with Crippen LogP contribution in [0.1, 0.15) is 94.2 Å². The van der Waals surface area contributed by atoms with E-state index in [2.05, 4.69) is 71.8 Å². The number of hydrogen-bond acceptors (Lipinski definition) is 4. The van der Waals surface area contributed by atoms with Gasteiger partial charge in [0, 0.05) is 67.0 Å². The van der Waals surface area contributed by atoms with Crippen molar-refractivity contribution in [2.75, 3.05) is 38.7 Å². The molecule has 4 aliphatic rings. The third-order valence-corrected chi connectivity index (χ3v) is 9.22. The summed E-state index contributed by atoms with van der Waals surface area (Å²) in [6.07, 6.45) is 19.0. The fourth-order valence-corrected chi connectivity index (χ4v) is 7.19. The van der Waals surface area contributed by atoms with Crippen LogP contribution in [0, 0.1) is 6.92 Å². The molecule has 196 valence electrons. The maximum absolute atomic E-state index is 4.24. The maximum Gasteiger partial charge on any atom is 0.0710 e. The highest BCUT2D eigenvalue weighted by atomic mass is 15.4. The second kappa shape index (κ2) is 11.5. The zero-order valence-electron chi connectivity index (χ0n) is 23.1. The van der Waals surface area contributed by atoms with Gasteiger partial charge in [-0.2, -0.15) is 0 Å². The van der Waals surface area contributed by atoms with Crippen molar-refractivity contribution < 1.29 is 0 Å². The summed E-state index contributed by atoms with van der Waals surface area (Å²) in [6.45, 7) is 13.2. The number of benzene rings is 1. The smallest absolute Gasteiger partial charge is 0.0710 e. The summed E-state index contributed by atoms with van der Waals surface area (Å²) in [5.41, 5.74) is 9.66. The highest BCUT2D eigenvalue weighted by molar-refractivity contribution is 5.84. The molecule has 4 heteroatoms. The number of nitrogens with one attached hydrogen (secondary N) is 1. The van der Waals surface area contributed by atoms with Gasteiger partial charge in [-0.25, -0.2) is 0 Å². The van der Waals surface area contributed by atoms with E-state index in [0.29, 0.717) is 6.04 Å². The number of hydrogen-bond donors (Lipinski definition) is 1. The largest absolute Gasteiger partial charge is 0.384 e. The number of fused-ring (bicyclic) bond motifs is 1. The van der Waals surface area contributed by atoms with Gasteiger partial charge in [-0.05, 0) is 68.7 Å². The number of rotatable bonds is 7. The lowest BCUT2D eigenvalue weighted by Crippen LogP contribution is -2.36. The first-order valence-corrected chi connectivity index (χ1v) is 14.8. The molecular weight excluding hydrogens is 440 g/mol. The molecule has 2 heterocycles. The van der Waals surface area contributed by atoms with Crippen LogP contribution in [-0.2, 0) is 0 Å². The van der Waals surface area contributed by atoms with Gasteiger partial charge >= 0.3 is 0 Å². The monoisotopic (exact) mass is 488 g/mol. The first kappa shape index (κ1) is 25.4. The molecule has 1 saturated heterocycles. The van der Waals surface area contributed by atoms with Gasteiger partial charge in [0.05, 0.1) is 6.67 Å². The second-order valence-corrected chi connectivity index (χ2v) is 11.5. The Balaban J connectivity index is 1.50. The molecule has 0 radical (unpaired) electrons. The van der Waals surface area contributed by atoms with E-state index in [4.69, 9.17) is 0 Å². The quantitative estimate of drug-likeness (QED) is 0.436. The van der Waals surface area contributed by atoms with E-state index >= 15 is 0 Å². The van der Waals surface area contributed by atoms with Crippen LogP contribution in [0.25, 0.3) is 11.4 Å². The van der Waals surface area contributed by atoms with E-state index in [0.717, 1.165) is 38.6 Å². The van der Waals surface area contributed by atoms with Gasteiger partial charge in [0.2, 0.25) is 0 Å². The van der Waals surface area contributed by atoms with Crippen molar-refractivity contribution in [3.63, 3.8) is 0 Å². The Bertz CT molecular complexity index is 994. The topological polar surface area (TPSA) is 21.8 Å². The average molecular weight is 489 g/mol. The van der Waals surface area contributed by atoms with E-state index in [1.54, 1.807) is 0 Å². The van der Waals surface area contributed by atoms with Crippen LogP contribution in [-0.4, -0.2) is 60.1 Å². The summed E-state index contributed by atoms with van der Waals surface area (Å²) in [7, 11) is 2.33. The molecule has 4 nitrogen and oxygen atoms in total. The molecule has 2 saturated carbocycles. The number of aryl methyl sites for hydroxylation is 1. The summed E-state index contributed by atoms with van der Waals surface area (Å²) in [4.78, 5) is 8.02. The third-order valence-electron chi connectivity index (χ3n) is 9.22. The third kappa shape index (κ3) is 5.11. The molecule has 5 rings (SSSR count). The van der Waals surface area contributed by atoms with Crippen LogP contribution in [0.5, 0.6) is 0 Å². The fraction of sp³-hybridized carbons (Fsp3) is 0.625. The molecule has 36 heavy (non-hydrogen) atoms. The van der Waals surface area contributed by atoms with E-state index in [1.165, 1.54) is 104 Å².